The second kappa shape index (κ2) is 61.6. The van der Waals surface area contributed by atoms with Gasteiger partial charge in [0.2, 0.25) is 0 Å². The molecule has 0 rings (SSSR count). The highest BCUT2D eigenvalue weighted by Gasteiger charge is 2.30. The van der Waals surface area contributed by atoms with Gasteiger partial charge in [-0.05, 0) is 49.4 Å². The number of esters is 4. The van der Waals surface area contributed by atoms with Gasteiger partial charge in [0.15, 0.2) is 12.2 Å². The number of phosphoric ester groups is 2. The van der Waals surface area contributed by atoms with Gasteiger partial charge in [0.05, 0.1) is 26.4 Å². The summed E-state index contributed by atoms with van der Waals surface area (Å²) >= 11 is 0. The number of rotatable bonds is 69. The summed E-state index contributed by atoms with van der Waals surface area (Å²) in [6.07, 6.45) is 44.6. The normalized spacial score (nSPS) is 14.5. The molecule has 0 aromatic carbocycles. The Morgan fingerprint density at radius 1 is 0.308 bits per heavy atom. The van der Waals surface area contributed by atoms with E-state index >= 15 is 0 Å². The van der Waals surface area contributed by atoms with Crippen molar-refractivity contribution in [2.24, 2.45) is 23.7 Å². The van der Waals surface area contributed by atoms with Crippen LogP contribution in [0.15, 0.2) is 0 Å². The monoisotopic (exact) mass is 1340 g/mol. The molecule has 540 valence electrons. The fourth-order valence-electron chi connectivity index (χ4n) is 10.8. The molecule has 0 spiro atoms. The minimum Gasteiger partial charge on any atom is -0.462 e. The van der Waals surface area contributed by atoms with E-state index in [-0.39, 0.29) is 25.7 Å². The van der Waals surface area contributed by atoms with Gasteiger partial charge in [0.25, 0.3) is 0 Å². The third-order valence-electron chi connectivity index (χ3n) is 16.9. The molecule has 0 saturated carbocycles. The van der Waals surface area contributed by atoms with Crippen molar-refractivity contribution in [1.29, 1.82) is 0 Å². The maximum atomic E-state index is 13.0. The van der Waals surface area contributed by atoms with Crippen molar-refractivity contribution in [1.82, 2.24) is 0 Å². The Labute approximate surface area is 556 Å². The molecule has 0 fully saturated rings. The number of hydrogen-bond acceptors (Lipinski definition) is 15. The summed E-state index contributed by atoms with van der Waals surface area (Å²) < 4.78 is 68.3. The summed E-state index contributed by atoms with van der Waals surface area (Å²) in [6, 6.07) is 0. The molecule has 0 bridgehead atoms. The summed E-state index contributed by atoms with van der Waals surface area (Å²) in [5.41, 5.74) is 0. The van der Waals surface area contributed by atoms with Crippen LogP contribution in [-0.2, 0) is 65.4 Å². The molecule has 6 atom stereocenters. The SMILES string of the molecule is CCC(C)CCCCCCCCC(=O)OC[C@H](COP(=O)(O)OC[C@H](O)COP(=O)(O)OC[C@@H](COC(=O)CCCCCCCCCC(C)C)OC(=O)CCCCCCCCCCCCCCCCCC(C)C)OC(=O)CCCCCCCCCCCCC(C)C. The van der Waals surface area contributed by atoms with E-state index < -0.39 is 97.5 Å². The first kappa shape index (κ1) is 89.1. The molecule has 91 heavy (non-hydrogen) atoms. The lowest BCUT2D eigenvalue weighted by Gasteiger charge is -2.21. The molecule has 0 saturated heterocycles. The Kier molecular flexibility index (Phi) is 60.3. The number of hydrogen-bond donors (Lipinski definition) is 3. The molecule has 19 heteroatoms. The highest BCUT2D eigenvalue weighted by atomic mass is 31.2. The van der Waals surface area contributed by atoms with E-state index in [0.29, 0.717) is 31.6 Å². The van der Waals surface area contributed by atoms with E-state index in [1.807, 2.05) is 0 Å². The molecule has 0 heterocycles. The molecule has 0 amide bonds. The number of carbonyl (C=O) groups is 4. The smallest absolute Gasteiger partial charge is 0.462 e. The zero-order valence-electron chi connectivity index (χ0n) is 59.5. The molecule has 3 N–H and O–H groups in total. The standard InChI is InChI=1S/C72H140O17P2/c1-9-65(8)51-43-35-30-31-37-45-53-70(75)83-59-68(89-72(77)55-47-39-28-22-18-17-20-25-33-41-49-63(4)5)61-87-91(80,81)85-57-66(73)56-84-90(78,79)86-60-67(58-82-69(74)52-44-36-29-23-26-34-42-50-64(6)7)88-71(76)54-46-38-27-21-16-14-12-10-11-13-15-19-24-32-40-48-62(2)3/h62-68,73H,9-61H2,1-8H3,(H,78,79)(H,80,81)/t65?,66-,67-,68-/m1/s1. The van der Waals surface area contributed by atoms with Crippen molar-refractivity contribution in [3.05, 3.63) is 0 Å². The third kappa shape index (κ3) is 65.1. The van der Waals surface area contributed by atoms with Crippen molar-refractivity contribution < 1.29 is 80.2 Å². The van der Waals surface area contributed by atoms with E-state index in [2.05, 4.69) is 55.4 Å². The number of aliphatic hydroxyl groups is 1. The first-order valence-electron chi connectivity index (χ1n) is 37.2. The first-order valence-corrected chi connectivity index (χ1v) is 40.2. The summed E-state index contributed by atoms with van der Waals surface area (Å²) in [4.78, 5) is 72.6. The average molecular weight is 1340 g/mol. The lowest BCUT2D eigenvalue weighted by atomic mass is 10.00. The zero-order chi connectivity index (χ0) is 67.5. The Morgan fingerprint density at radius 2 is 0.527 bits per heavy atom. The molecule has 17 nitrogen and oxygen atoms in total. The van der Waals surface area contributed by atoms with Gasteiger partial charge in [-0.15, -0.1) is 0 Å². The molecule has 0 aliphatic rings. The fourth-order valence-corrected chi connectivity index (χ4v) is 12.4. The Morgan fingerprint density at radius 3 is 0.780 bits per heavy atom. The topological polar surface area (TPSA) is 237 Å². The van der Waals surface area contributed by atoms with Crippen molar-refractivity contribution in [2.45, 2.75) is 375 Å². The second-order valence-electron chi connectivity index (χ2n) is 27.6. The van der Waals surface area contributed by atoms with Gasteiger partial charge < -0.3 is 33.8 Å². The first-order chi connectivity index (χ1) is 43.6. The third-order valence-corrected chi connectivity index (χ3v) is 18.8. The Hall–Kier alpha value is -1.94. The number of ether oxygens (including phenoxy) is 4. The van der Waals surface area contributed by atoms with Crippen LogP contribution in [0.3, 0.4) is 0 Å². The van der Waals surface area contributed by atoms with Crippen LogP contribution in [0.5, 0.6) is 0 Å². The van der Waals surface area contributed by atoms with E-state index in [1.165, 1.54) is 148 Å². The summed E-state index contributed by atoms with van der Waals surface area (Å²) in [5.74, 6) is 0.862. The minimum atomic E-state index is -4.95. The predicted molar refractivity (Wildman–Crippen MR) is 367 cm³/mol. The zero-order valence-corrected chi connectivity index (χ0v) is 61.3. The van der Waals surface area contributed by atoms with Crippen LogP contribution in [0.1, 0.15) is 357 Å². The van der Waals surface area contributed by atoms with E-state index in [1.54, 1.807) is 0 Å². The summed E-state index contributed by atoms with van der Waals surface area (Å²) in [6.45, 7) is 14.1. The van der Waals surface area contributed by atoms with Gasteiger partial charge in [-0.2, -0.15) is 0 Å². The number of carbonyl (C=O) groups excluding carboxylic acids is 4. The summed E-state index contributed by atoms with van der Waals surface area (Å²) in [7, 11) is -9.91. The fraction of sp³-hybridized carbons (Fsp3) is 0.944. The van der Waals surface area contributed by atoms with Crippen LogP contribution in [-0.4, -0.2) is 96.7 Å². The number of aliphatic hydroxyl groups excluding tert-OH is 1. The van der Waals surface area contributed by atoms with Crippen LogP contribution >= 0.6 is 15.6 Å². The van der Waals surface area contributed by atoms with Crippen molar-refractivity contribution in [3.8, 4) is 0 Å². The number of phosphoric acid groups is 2. The van der Waals surface area contributed by atoms with Crippen LogP contribution < -0.4 is 0 Å². The van der Waals surface area contributed by atoms with Crippen LogP contribution in [0.4, 0.5) is 0 Å². The lowest BCUT2D eigenvalue weighted by Crippen LogP contribution is -2.30. The molecule has 3 unspecified atom stereocenters. The molecule has 0 aliphatic heterocycles. The van der Waals surface area contributed by atoms with Gasteiger partial charge in [0, 0.05) is 25.7 Å². The van der Waals surface area contributed by atoms with Gasteiger partial charge >= 0.3 is 39.5 Å². The second-order valence-corrected chi connectivity index (χ2v) is 30.6. The van der Waals surface area contributed by atoms with E-state index in [0.717, 1.165) is 120 Å². The van der Waals surface area contributed by atoms with Crippen LogP contribution in [0.25, 0.3) is 0 Å². The van der Waals surface area contributed by atoms with Crippen molar-refractivity contribution in [2.75, 3.05) is 39.6 Å². The molecule has 0 radical (unpaired) electrons. The number of unbranched alkanes of at least 4 members (excludes halogenated alkanes) is 34. The predicted octanol–water partition coefficient (Wildman–Crippen LogP) is 20.5. The maximum Gasteiger partial charge on any atom is 0.472 e. The van der Waals surface area contributed by atoms with Crippen molar-refractivity contribution >= 4 is 39.5 Å². The van der Waals surface area contributed by atoms with E-state index in [4.69, 9.17) is 37.0 Å². The quantitative estimate of drug-likeness (QED) is 0.0222. The molecular weight excluding hydrogens is 1200 g/mol. The molecule has 0 aromatic heterocycles. The Bertz CT molecular complexity index is 1800. The largest absolute Gasteiger partial charge is 0.472 e. The van der Waals surface area contributed by atoms with Gasteiger partial charge in [-0.3, -0.25) is 37.3 Å². The lowest BCUT2D eigenvalue weighted by molar-refractivity contribution is -0.161. The maximum absolute atomic E-state index is 13.0. The molecule has 0 aromatic rings. The van der Waals surface area contributed by atoms with Gasteiger partial charge in [0.1, 0.15) is 19.3 Å². The van der Waals surface area contributed by atoms with Gasteiger partial charge in [-0.1, -0.05) is 306 Å². The highest BCUT2D eigenvalue weighted by Crippen LogP contribution is 2.45. The summed E-state index contributed by atoms with van der Waals surface area (Å²) in [5, 5.41) is 10.6. The van der Waals surface area contributed by atoms with E-state index in [9.17, 15) is 43.2 Å². The van der Waals surface area contributed by atoms with Gasteiger partial charge in [-0.25, -0.2) is 9.13 Å². The van der Waals surface area contributed by atoms with Crippen LogP contribution in [0.2, 0.25) is 0 Å². The van der Waals surface area contributed by atoms with Crippen molar-refractivity contribution in [3.63, 3.8) is 0 Å². The Balaban J connectivity index is 5.22. The highest BCUT2D eigenvalue weighted by molar-refractivity contribution is 7.47. The minimum absolute atomic E-state index is 0.104. The average Bonchev–Trinajstić information content (AvgIpc) is 3.71. The molecular formula is C72H140O17P2. The molecule has 0 aliphatic carbocycles. The van der Waals surface area contributed by atoms with Crippen LogP contribution in [0, 0.1) is 23.7 Å².